The predicted molar refractivity (Wildman–Crippen MR) is 93.0 cm³/mol. The van der Waals surface area contributed by atoms with E-state index < -0.39 is 0 Å². The smallest absolute Gasteiger partial charge is 0.310 e. The lowest BCUT2D eigenvalue weighted by Gasteiger charge is -2.17. The molecule has 0 unspecified atom stereocenters. The van der Waals surface area contributed by atoms with Crippen LogP contribution in [-0.4, -0.2) is 61.4 Å². The van der Waals surface area contributed by atoms with E-state index in [1.54, 1.807) is 18.2 Å². The first kappa shape index (κ1) is 18.5. The number of hydrogen-bond donors (Lipinski definition) is 1. The van der Waals surface area contributed by atoms with Crippen molar-refractivity contribution in [1.82, 2.24) is 4.90 Å². The summed E-state index contributed by atoms with van der Waals surface area (Å²) < 4.78 is 15.5. The molecule has 0 aliphatic carbocycles. The molecule has 0 amide bonds. The second-order valence-corrected chi connectivity index (χ2v) is 6.83. The van der Waals surface area contributed by atoms with Crippen LogP contribution >= 0.6 is 0 Å². The second kappa shape index (κ2) is 7.95. The first-order valence-corrected chi connectivity index (χ1v) is 8.89. The number of carbonyl (C=O) groups excluding carboxylic acids is 2. The van der Waals surface area contributed by atoms with Gasteiger partial charge in [-0.15, -0.1) is 0 Å². The van der Waals surface area contributed by atoms with E-state index in [0.717, 1.165) is 18.5 Å². The van der Waals surface area contributed by atoms with Crippen molar-refractivity contribution in [2.75, 3.05) is 27.3 Å². The largest absolute Gasteiger partial charge is 0.504 e. The highest BCUT2D eigenvalue weighted by Crippen LogP contribution is 2.35. The van der Waals surface area contributed by atoms with Crippen LogP contribution in [0.4, 0.5) is 0 Å². The SMILES string of the molecule is COC(=O)[C@@H]1CCN2C[C@@H](OC(=O)CCc3ccc(O)c(OC)c3)C[C@H]12. The summed E-state index contributed by atoms with van der Waals surface area (Å²) in [6.45, 7) is 1.52. The number of aryl methyl sites for hydroxylation is 1. The fourth-order valence-corrected chi connectivity index (χ4v) is 3.94. The number of aromatic hydroxyl groups is 1. The molecule has 0 spiro atoms. The third-order valence-electron chi connectivity index (χ3n) is 5.27. The molecule has 2 aliphatic rings. The summed E-state index contributed by atoms with van der Waals surface area (Å²) >= 11 is 0. The number of ether oxygens (including phenoxy) is 3. The van der Waals surface area contributed by atoms with Crippen molar-refractivity contribution >= 4 is 11.9 Å². The van der Waals surface area contributed by atoms with Gasteiger partial charge in [0, 0.05) is 25.4 Å². The number of carbonyl (C=O) groups is 2. The van der Waals surface area contributed by atoms with Crippen LogP contribution in [-0.2, 0) is 25.5 Å². The maximum atomic E-state index is 12.2. The summed E-state index contributed by atoms with van der Waals surface area (Å²) in [5.41, 5.74) is 0.898. The fraction of sp³-hybridized carbons (Fsp3) is 0.579. The van der Waals surface area contributed by atoms with Gasteiger partial charge in [-0.2, -0.15) is 0 Å². The molecule has 0 saturated carbocycles. The Morgan fingerprint density at radius 1 is 1.31 bits per heavy atom. The Morgan fingerprint density at radius 2 is 2.12 bits per heavy atom. The van der Waals surface area contributed by atoms with Gasteiger partial charge in [-0.1, -0.05) is 6.07 Å². The maximum absolute atomic E-state index is 12.2. The molecule has 2 fully saturated rings. The molecular weight excluding hydrogens is 338 g/mol. The number of nitrogens with zero attached hydrogens (tertiary/aromatic N) is 1. The van der Waals surface area contributed by atoms with Crippen LogP contribution in [0.5, 0.6) is 11.5 Å². The van der Waals surface area contributed by atoms with Gasteiger partial charge in [0.1, 0.15) is 6.10 Å². The molecule has 1 aromatic carbocycles. The Balaban J connectivity index is 1.48. The fourth-order valence-electron chi connectivity index (χ4n) is 3.94. The van der Waals surface area contributed by atoms with E-state index in [2.05, 4.69) is 4.90 Å². The first-order chi connectivity index (χ1) is 12.5. The van der Waals surface area contributed by atoms with Crippen LogP contribution in [0, 0.1) is 5.92 Å². The Kier molecular flexibility index (Phi) is 5.66. The van der Waals surface area contributed by atoms with Crippen LogP contribution in [0.3, 0.4) is 0 Å². The summed E-state index contributed by atoms with van der Waals surface area (Å²) in [5.74, 6) is -0.0802. The first-order valence-electron chi connectivity index (χ1n) is 8.89. The van der Waals surface area contributed by atoms with E-state index in [9.17, 15) is 14.7 Å². The van der Waals surface area contributed by atoms with Crippen molar-refractivity contribution in [3.8, 4) is 11.5 Å². The molecule has 26 heavy (non-hydrogen) atoms. The molecule has 142 valence electrons. The maximum Gasteiger partial charge on any atom is 0.310 e. The van der Waals surface area contributed by atoms with Crippen LogP contribution in [0.2, 0.25) is 0 Å². The zero-order valence-electron chi connectivity index (χ0n) is 15.1. The molecule has 2 heterocycles. The molecule has 3 atom stereocenters. The van der Waals surface area contributed by atoms with Crippen molar-refractivity contribution in [2.45, 2.75) is 37.8 Å². The van der Waals surface area contributed by atoms with E-state index in [4.69, 9.17) is 14.2 Å². The van der Waals surface area contributed by atoms with Gasteiger partial charge < -0.3 is 19.3 Å². The van der Waals surface area contributed by atoms with Gasteiger partial charge in [0.05, 0.1) is 20.1 Å². The molecular formula is C19H25NO6. The highest BCUT2D eigenvalue weighted by atomic mass is 16.5. The Morgan fingerprint density at radius 3 is 2.85 bits per heavy atom. The van der Waals surface area contributed by atoms with E-state index in [1.807, 2.05) is 0 Å². The molecule has 2 saturated heterocycles. The number of rotatable bonds is 6. The lowest BCUT2D eigenvalue weighted by Crippen LogP contribution is -2.30. The highest BCUT2D eigenvalue weighted by Gasteiger charge is 2.46. The monoisotopic (exact) mass is 363 g/mol. The highest BCUT2D eigenvalue weighted by molar-refractivity contribution is 5.74. The minimum Gasteiger partial charge on any atom is -0.504 e. The third kappa shape index (κ3) is 3.93. The van der Waals surface area contributed by atoms with Gasteiger partial charge in [-0.3, -0.25) is 14.5 Å². The van der Waals surface area contributed by atoms with Crippen molar-refractivity contribution in [3.05, 3.63) is 23.8 Å². The van der Waals surface area contributed by atoms with Gasteiger partial charge in [0.25, 0.3) is 0 Å². The van der Waals surface area contributed by atoms with Gasteiger partial charge in [0.2, 0.25) is 0 Å². The molecule has 2 aliphatic heterocycles. The molecule has 1 N–H and O–H groups in total. The Labute approximate surface area is 152 Å². The number of benzene rings is 1. The van der Waals surface area contributed by atoms with Crippen molar-refractivity contribution in [1.29, 1.82) is 0 Å². The molecule has 1 aromatic rings. The molecule has 0 radical (unpaired) electrons. The molecule has 0 bridgehead atoms. The molecule has 0 aromatic heterocycles. The number of phenols is 1. The van der Waals surface area contributed by atoms with Gasteiger partial charge in [0.15, 0.2) is 11.5 Å². The number of hydrogen-bond acceptors (Lipinski definition) is 7. The zero-order valence-corrected chi connectivity index (χ0v) is 15.1. The summed E-state index contributed by atoms with van der Waals surface area (Å²) in [5, 5.41) is 9.60. The van der Waals surface area contributed by atoms with Gasteiger partial charge in [-0.25, -0.2) is 0 Å². The molecule has 7 nitrogen and oxygen atoms in total. The van der Waals surface area contributed by atoms with Crippen molar-refractivity contribution in [3.63, 3.8) is 0 Å². The lowest BCUT2D eigenvalue weighted by molar-refractivity contribution is -0.148. The predicted octanol–water partition coefficient (Wildman–Crippen LogP) is 1.51. The second-order valence-electron chi connectivity index (χ2n) is 6.83. The number of esters is 2. The van der Waals surface area contributed by atoms with E-state index in [-0.39, 0.29) is 42.2 Å². The minimum atomic E-state index is -0.252. The quantitative estimate of drug-likeness (QED) is 0.767. The van der Waals surface area contributed by atoms with Crippen LogP contribution in [0.25, 0.3) is 0 Å². The van der Waals surface area contributed by atoms with Crippen LogP contribution in [0.1, 0.15) is 24.8 Å². The van der Waals surface area contributed by atoms with E-state index >= 15 is 0 Å². The number of phenolic OH excluding ortho intramolecular Hbond substituents is 1. The average Bonchev–Trinajstić information content (AvgIpc) is 3.20. The average molecular weight is 363 g/mol. The summed E-state index contributed by atoms with van der Waals surface area (Å²) in [6.07, 6.45) is 2.09. The Hall–Kier alpha value is -2.28. The summed E-state index contributed by atoms with van der Waals surface area (Å²) in [7, 11) is 2.90. The van der Waals surface area contributed by atoms with E-state index in [1.165, 1.54) is 14.2 Å². The lowest BCUT2D eigenvalue weighted by atomic mass is 9.98. The molecule has 3 rings (SSSR count). The van der Waals surface area contributed by atoms with Gasteiger partial charge in [-0.05, 0) is 37.1 Å². The van der Waals surface area contributed by atoms with Crippen LogP contribution < -0.4 is 4.74 Å². The number of methoxy groups -OCH3 is 2. The topological polar surface area (TPSA) is 85.3 Å². The third-order valence-corrected chi connectivity index (χ3v) is 5.27. The standard InChI is InChI=1S/C19H25NO6/c1-24-17-9-12(3-5-16(17)21)4-6-18(22)26-13-10-15-14(19(23)25-2)7-8-20(15)11-13/h3,5,9,13-15,21H,4,6-8,10-11H2,1-2H3/t13-,14+,15+/m0/s1. The summed E-state index contributed by atoms with van der Waals surface area (Å²) in [4.78, 5) is 26.2. The number of fused-ring (bicyclic) bond motifs is 1. The van der Waals surface area contributed by atoms with Crippen molar-refractivity contribution < 1.29 is 28.9 Å². The normalized spacial score (nSPS) is 24.9. The van der Waals surface area contributed by atoms with Crippen molar-refractivity contribution in [2.24, 2.45) is 5.92 Å². The zero-order chi connectivity index (χ0) is 18.7. The molecule has 7 heteroatoms. The Bertz CT molecular complexity index is 676. The van der Waals surface area contributed by atoms with Crippen LogP contribution in [0.15, 0.2) is 18.2 Å². The summed E-state index contributed by atoms with van der Waals surface area (Å²) in [6, 6.07) is 5.15. The van der Waals surface area contributed by atoms with Gasteiger partial charge >= 0.3 is 11.9 Å². The minimum absolute atomic E-state index is 0.0746. The van der Waals surface area contributed by atoms with E-state index in [0.29, 0.717) is 25.1 Å².